The minimum Gasteiger partial charge on any atom is -0.380 e. The van der Waals surface area contributed by atoms with Crippen LogP contribution in [0.4, 0.5) is 0 Å². The van der Waals surface area contributed by atoms with Gasteiger partial charge < -0.3 is 4.74 Å². The van der Waals surface area contributed by atoms with Crippen molar-refractivity contribution in [1.82, 2.24) is 9.97 Å². The summed E-state index contributed by atoms with van der Waals surface area (Å²) >= 11 is 1.66. The molecular formula is C14H14N2O2S2. The van der Waals surface area contributed by atoms with Crippen LogP contribution in [0.25, 0.3) is 11.4 Å². The van der Waals surface area contributed by atoms with Gasteiger partial charge in [0.1, 0.15) is 5.03 Å². The van der Waals surface area contributed by atoms with Gasteiger partial charge in [0.05, 0.1) is 46.2 Å². The van der Waals surface area contributed by atoms with E-state index >= 15 is 0 Å². The Morgan fingerprint density at radius 2 is 1.85 bits per heavy atom. The van der Waals surface area contributed by atoms with Crippen molar-refractivity contribution in [3.63, 3.8) is 0 Å². The Labute approximate surface area is 124 Å². The van der Waals surface area contributed by atoms with E-state index in [1.165, 1.54) is 0 Å². The maximum absolute atomic E-state index is 12.1. The lowest BCUT2D eigenvalue weighted by atomic mass is 10.2. The molecule has 2 aromatic heterocycles. The highest BCUT2D eigenvalue weighted by Gasteiger charge is 2.10. The van der Waals surface area contributed by atoms with Crippen LogP contribution >= 0.6 is 11.8 Å². The maximum Gasteiger partial charge on any atom is 0.128 e. The van der Waals surface area contributed by atoms with Gasteiger partial charge in [-0.1, -0.05) is 12.1 Å². The molecular weight excluding hydrogens is 292 g/mol. The second-order valence-electron chi connectivity index (χ2n) is 4.23. The van der Waals surface area contributed by atoms with E-state index in [2.05, 4.69) is 9.97 Å². The van der Waals surface area contributed by atoms with E-state index in [0.29, 0.717) is 24.0 Å². The summed E-state index contributed by atoms with van der Waals surface area (Å²) in [6.45, 7) is 1.13. The molecule has 2 aromatic rings. The summed E-state index contributed by atoms with van der Waals surface area (Å²) < 4.78 is 17.6. The van der Waals surface area contributed by atoms with Crippen molar-refractivity contribution in [1.29, 1.82) is 0 Å². The lowest BCUT2D eigenvalue weighted by Crippen LogP contribution is -2.09. The van der Waals surface area contributed by atoms with Gasteiger partial charge in [-0.2, -0.15) is 0 Å². The molecule has 104 valence electrons. The van der Waals surface area contributed by atoms with E-state index in [4.69, 9.17) is 4.74 Å². The third-order valence-electron chi connectivity index (χ3n) is 2.83. The summed E-state index contributed by atoms with van der Waals surface area (Å²) in [6, 6.07) is 11.4. The Kier molecular flexibility index (Phi) is 4.44. The highest BCUT2D eigenvalue weighted by molar-refractivity contribution is 7.99. The number of thioether (sulfide) groups is 1. The first-order valence-electron chi connectivity index (χ1n) is 6.36. The summed E-state index contributed by atoms with van der Waals surface area (Å²) in [5, 5.41) is 1.55. The lowest BCUT2D eigenvalue weighted by molar-refractivity contribution is 0.166. The van der Waals surface area contributed by atoms with E-state index in [1.807, 2.05) is 30.3 Å². The molecule has 0 aliphatic carbocycles. The zero-order chi connectivity index (χ0) is 13.8. The number of hydrogen-bond acceptors (Lipinski definition) is 5. The van der Waals surface area contributed by atoms with E-state index in [9.17, 15) is 4.21 Å². The molecule has 0 aromatic carbocycles. The summed E-state index contributed by atoms with van der Waals surface area (Å²) in [5.41, 5.74) is 1.58. The van der Waals surface area contributed by atoms with Crippen molar-refractivity contribution in [2.24, 2.45) is 0 Å². The first-order valence-corrected chi connectivity index (χ1v) is 8.67. The molecule has 0 fully saturated rings. The number of pyridine rings is 2. The number of aromatic nitrogens is 2. The van der Waals surface area contributed by atoms with Crippen LogP contribution in [0, 0.1) is 0 Å². The van der Waals surface area contributed by atoms with Gasteiger partial charge >= 0.3 is 0 Å². The molecule has 3 heterocycles. The van der Waals surface area contributed by atoms with Crippen LogP contribution in [-0.4, -0.2) is 38.9 Å². The Bertz CT molecular complexity index is 634. The second kappa shape index (κ2) is 6.47. The number of fused-ring (bicyclic) bond motifs is 5. The molecule has 0 amide bonds. The molecule has 1 aliphatic heterocycles. The van der Waals surface area contributed by atoms with Crippen molar-refractivity contribution >= 4 is 22.6 Å². The predicted molar refractivity (Wildman–Crippen MR) is 80.3 cm³/mol. The van der Waals surface area contributed by atoms with E-state index in [-0.39, 0.29) is 0 Å². The second-order valence-corrected chi connectivity index (χ2v) is 6.87. The molecule has 1 atom stereocenters. The number of nitrogens with zero attached hydrogens (tertiary/aromatic N) is 2. The van der Waals surface area contributed by atoms with E-state index in [1.54, 1.807) is 17.8 Å². The van der Waals surface area contributed by atoms with Crippen LogP contribution in [0.2, 0.25) is 0 Å². The van der Waals surface area contributed by atoms with E-state index in [0.717, 1.165) is 22.2 Å². The van der Waals surface area contributed by atoms with E-state index < -0.39 is 10.8 Å². The third-order valence-corrected chi connectivity index (χ3v) is 4.96. The monoisotopic (exact) mass is 306 g/mol. The van der Waals surface area contributed by atoms with Gasteiger partial charge in [-0.3, -0.25) is 4.21 Å². The summed E-state index contributed by atoms with van der Waals surface area (Å²) in [7, 11) is -1.12. The Morgan fingerprint density at radius 3 is 2.75 bits per heavy atom. The van der Waals surface area contributed by atoms with Crippen LogP contribution < -0.4 is 0 Å². The van der Waals surface area contributed by atoms with Crippen molar-refractivity contribution in [2.45, 2.75) is 10.1 Å². The largest absolute Gasteiger partial charge is 0.380 e. The van der Waals surface area contributed by atoms with Gasteiger partial charge in [0.2, 0.25) is 0 Å². The topological polar surface area (TPSA) is 52.1 Å². The highest BCUT2D eigenvalue weighted by atomic mass is 32.2. The molecule has 4 nitrogen and oxygen atoms in total. The Balaban J connectivity index is 2.02. The molecule has 6 heteroatoms. The lowest BCUT2D eigenvalue weighted by Gasteiger charge is -2.04. The number of rotatable bonds is 0. The Hall–Kier alpha value is -1.24. The van der Waals surface area contributed by atoms with Gasteiger partial charge in [-0.25, -0.2) is 9.97 Å². The van der Waals surface area contributed by atoms with Crippen LogP contribution in [-0.2, 0) is 15.5 Å². The average molecular weight is 306 g/mol. The Morgan fingerprint density at radius 1 is 1.05 bits per heavy atom. The molecule has 20 heavy (non-hydrogen) atoms. The van der Waals surface area contributed by atoms with Gasteiger partial charge in [-0.05, 0) is 24.3 Å². The molecule has 1 unspecified atom stereocenters. The molecule has 3 rings (SSSR count). The van der Waals surface area contributed by atoms with Gasteiger partial charge in [0.15, 0.2) is 0 Å². The van der Waals surface area contributed by atoms with Crippen molar-refractivity contribution in [3.8, 4) is 11.4 Å². The summed E-state index contributed by atoms with van der Waals surface area (Å²) in [6.07, 6.45) is 0. The van der Waals surface area contributed by atoms with Crippen molar-refractivity contribution < 1.29 is 8.95 Å². The predicted octanol–water partition coefficient (Wildman–Crippen LogP) is 2.37. The fraction of sp³-hybridized carbons (Fsp3) is 0.286. The average Bonchev–Trinajstić information content (AvgIpc) is 2.50. The molecule has 0 saturated carbocycles. The minimum absolute atomic E-state index is 0.478. The minimum atomic E-state index is -1.12. The standard InChI is InChI=1S/C14H14N2O2S2/c17-20-10-8-18-7-9-19-13-5-1-3-11(15-13)12-4-2-6-14(20)16-12/h1-6H,7-10H2. The van der Waals surface area contributed by atoms with Crippen molar-refractivity contribution in [2.75, 3.05) is 24.7 Å². The first kappa shape index (κ1) is 13.7. The SMILES string of the molecule is O=S1CCOCCSc2cccc(n2)-c2cccc1n2. The van der Waals surface area contributed by atoms with Crippen LogP contribution in [0.15, 0.2) is 46.5 Å². The fourth-order valence-electron chi connectivity index (χ4n) is 1.87. The zero-order valence-electron chi connectivity index (χ0n) is 10.8. The van der Waals surface area contributed by atoms with Gasteiger partial charge in [-0.15, -0.1) is 11.8 Å². The highest BCUT2D eigenvalue weighted by Crippen LogP contribution is 2.21. The summed E-state index contributed by atoms with van der Waals surface area (Å²) in [5.74, 6) is 1.32. The summed E-state index contributed by atoms with van der Waals surface area (Å²) in [4.78, 5) is 9.05. The molecule has 0 N–H and O–H groups in total. The number of hydrogen-bond donors (Lipinski definition) is 0. The van der Waals surface area contributed by atoms with Crippen molar-refractivity contribution in [3.05, 3.63) is 36.4 Å². The van der Waals surface area contributed by atoms with Crippen LogP contribution in [0.3, 0.4) is 0 Å². The molecule has 1 aliphatic rings. The molecule has 0 spiro atoms. The third kappa shape index (κ3) is 3.26. The molecule has 0 saturated heterocycles. The maximum atomic E-state index is 12.1. The zero-order valence-corrected chi connectivity index (χ0v) is 12.5. The van der Waals surface area contributed by atoms with Gasteiger partial charge in [0, 0.05) is 5.75 Å². The van der Waals surface area contributed by atoms with Gasteiger partial charge in [0.25, 0.3) is 0 Å². The first-order chi connectivity index (χ1) is 9.83. The van der Waals surface area contributed by atoms with Crippen LogP contribution in [0.1, 0.15) is 0 Å². The quantitative estimate of drug-likeness (QED) is 0.748. The smallest absolute Gasteiger partial charge is 0.128 e. The normalized spacial score (nSPS) is 19.5. The fourth-order valence-corrected chi connectivity index (χ4v) is 3.53. The molecule has 0 radical (unpaired) electrons. The number of ether oxygens (including phenoxy) is 1. The van der Waals surface area contributed by atoms with Crippen LogP contribution in [0.5, 0.6) is 0 Å². The molecule has 4 bridgehead atoms.